The number of nitrogens with zero attached hydrogens (tertiary/aromatic N) is 2. The van der Waals surface area contributed by atoms with E-state index in [1.807, 2.05) is 36.4 Å². The molecule has 5 rings (SSSR count). The summed E-state index contributed by atoms with van der Waals surface area (Å²) >= 11 is 6.49. The molecule has 2 saturated heterocycles. The summed E-state index contributed by atoms with van der Waals surface area (Å²) in [7, 11) is 0. The van der Waals surface area contributed by atoms with Crippen molar-refractivity contribution < 1.29 is 9.72 Å². The van der Waals surface area contributed by atoms with E-state index < -0.39 is 17.5 Å². The minimum Gasteiger partial charge on any atom is -0.324 e. The van der Waals surface area contributed by atoms with Gasteiger partial charge in [0.25, 0.3) is 5.91 Å². The van der Waals surface area contributed by atoms with Crippen molar-refractivity contribution in [2.24, 2.45) is 0 Å². The van der Waals surface area contributed by atoms with Gasteiger partial charge in [0.15, 0.2) is 0 Å². The number of halogens is 1. The van der Waals surface area contributed by atoms with Gasteiger partial charge in [0.05, 0.1) is 12.0 Å². The summed E-state index contributed by atoms with van der Waals surface area (Å²) in [6.45, 7) is 0.664. The zero-order valence-corrected chi connectivity index (χ0v) is 15.2. The van der Waals surface area contributed by atoms with Crippen LogP contribution in [0, 0.1) is 10.1 Å². The van der Waals surface area contributed by atoms with Crippen molar-refractivity contribution in [1.29, 1.82) is 0 Å². The van der Waals surface area contributed by atoms with E-state index in [-0.39, 0.29) is 16.9 Å². The molecule has 1 N–H and O–H groups in total. The highest BCUT2D eigenvalue weighted by atomic mass is 35.5. The van der Waals surface area contributed by atoms with Gasteiger partial charge in [-0.05, 0) is 30.5 Å². The van der Waals surface area contributed by atoms with Crippen molar-refractivity contribution in [2.45, 2.75) is 36.4 Å². The zero-order chi connectivity index (χ0) is 18.8. The molecule has 0 aromatic heterocycles. The molecular weight excluding hydrogens is 366 g/mol. The van der Waals surface area contributed by atoms with Crippen LogP contribution in [-0.2, 0) is 10.3 Å². The lowest BCUT2D eigenvalue weighted by Gasteiger charge is -2.36. The predicted molar refractivity (Wildman–Crippen MR) is 101 cm³/mol. The van der Waals surface area contributed by atoms with Gasteiger partial charge in [0.2, 0.25) is 6.04 Å². The second-order valence-corrected chi connectivity index (χ2v) is 7.85. The van der Waals surface area contributed by atoms with E-state index >= 15 is 0 Å². The summed E-state index contributed by atoms with van der Waals surface area (Å²) in [5.41, 5.74) is 1.12. The molecule has 3 aliphatic heterocycles. The number of fused-ring (bicyclic) bond motifs is 4. The van der Waals surface area contributed by atoms with Crippen LogP contribution in [0.25, 0.3) is 0 Å². The van der Waals surface area contributed by atoms with Crippen LogP contribution in [0.5, 0.6) is 0 Å². The molecule has 1 spiro atoms. The van der Waals surface area contributed by atoms with E-state index in [1.165, 1.54) is 0 Å². The Morgan fingerprint density at radius 3 is 2.70 bits per heavy atom. The SMILES string of the molecule is O=C1Nc2ccccc2C12[C@@H](c1ccccc1Cl)[C@H]([N+](=O)[O-])C1CCCN12. The number of carbonyl (C=O) groups excluding carboxylic acids is 1. The highest BCUT2D eigenvalue weighted by Gasteiger charge is 2.71. The lowest BCUT2D eigenvalue weighted by Crippen LogP contribution is -2.50. The summed E-state index contributed by atoms with van der Waals surface area (Å²) in [6, 6.07) is 13.5. The third-order valence-electron chi connectivity index (χ3n) is 6.35. The second-order valence-electron chi connectivity index (χ2n) is 7.44. The molecule has 0 radical (unpaired) electrons. The molecule has 2 fully saturated rings. The Hall–Kier alpha value is -2.44. The maximum Gasteiger partial charge on any atom is 0.250 e. The quantitative estimate of drug-likeness (QED) is 0.637. The molecule has 3 aliphatic rings. The molecule has 27 heavy (non-hydrogen) atoms. The first-order chi connectivity index (χ1) is 13.1. The van der Waals surface area contributed by atoms with E-state index in [4.69, 9.17) is 11.6 Å². The maximum absolute atomic E-state index is 13.4. The molecule has 2 aromatic carbocycles. The molecular formula is C20H18ClN3O3. The fourth-order valence-corrected chi connectivity index (χ4v) is 5.74. The number of anilines is 1. The Bertz CT molecular complexity index is 965. The molecule has 2 unspecified atom stereocenters. The van der Waals surface area contributed by atoms with Crippen molar-refractivity contribution in [3.05, 3.63) is 74.8 Å². The van der Waals surface area contributed by atoms with E-state index in [2.05, 4.69) is 10.2 Å². The average molecular weight is 384 g/mol. The van der Waals surface area contributed by atoms with Crippen LogP contribution in [0.15, 0.2) is 48.5 Å². The fourth-order valence-electron chi connectivity index (χ4n) is 5.49. The number of rotatable bonds is 2. The number of hydrogen-bond acceptors (Lipinski definition) is 4. The van der Waals surface area contributed by atoms with Gasteiger partial charge in [0.1, 0.15) is 5.54 Å². The summed E-state index contributed by atoms with van der Waals surface area (Å²) in [6.07, 6.45) is 1.56. The van der Waals surface area contributed by atoms with E-state index in [9.17, 15) is 14.9 Å². The Labute approximate surface area is 161 Å². The standard InChI is InChI=1S/C20H18ClN3O3/c21-14-8-3-1-6-12(14)17-18(24(26)27)16-10-5-11-23(16)20(17)13-7-2-4-9-15(13)22-19(20)25/h1-4,6-9,16-18H,5,10-11H2,(H,22,25)/t16?,17-,18+,20?/m0/s1. The van der Waals surface area contributed by atoms with Crippen molar-refractivity contribution in [2.75, 3.05) is 11.9 Å². The summed E-state index contributed by atoms with van der Waals surface area (Å²) in [5.74, 6) is -0.833. The van der Waals surface area contributed by atoms with Gasteiger partial charge in [-0.2, -0.15) is 0 Å². The topological polar surface area (TPSA) is 75.5 Å². The number of carbonyl (C=O) groups is 1. The number of hydrogen-bond donors (Lipinski definition) is 1. The summed E-state index contributed by atoms with van der Waals surface area (Å²) in [4.78, 5) is 27.5. The van der Waals surface area contributed by atoms with Crippen molar-refractivity contribution in [1.82, 2.24) is 4.90 Å². The van der Waals surface area contributed by atoms with Gasteiger partial charge < -0.3 is 5.32 Å². The van der Waals surface area contributed by atoms with Gasteiger partial charge in [-0.1, -0.05) is 48.0 Å². The van der Waals surface area contributed by atoms with E-state index in [0.717, 1.165) is 17.7 Å². The van der Waals surface area contributed by atoms with Crippen LogP contribution >= 0.6 is 11.6 Å². The van der Waals surface area contributed by atoms with Gasteiger partial charge in [-0.15, -0.1) is 0 Å². The number of nitrogens with one attached hydrogen (secondary N) is 1. The van der Waals surface area contributed by atoms with Crippen LogP contribution < -0.4 is 5.32 Å². The van der Waals surface area contributed by atoms with Crippen molar-refractivity contribution in [3.63, 3.8) is 0 Å². The Kier molecular flexibility index (Phi) is 3.58. The third kappa shape index (κ3) is 2.02. The van der Waals surface area contributed by atoms with Crippen LogP contribution in [0.2, 0.25) is 5.02 Å². The molecule has 0 aliphatic carbocycles. The predicted octanol–water partition coefficient (Wildman–Crippen LogP) is 3.39. The Morgan fingerprint density at radius 2 is 1.93 bits per heavy atom. The minimum atomic E-state index is -1.10. The minimum absolute atomic E-state index is 0.190. The zero-order valence-electron chi connectivity index (χ0n) is 14.5. The van der Waals surface area contributed by atoms with E-state index in [0.29, 0.717) is 23.6 Å². The van der Waals surface area contributed by atoms with Crippen LogP contribution in [0.3, 0.4) is 0 Å². The number of benzene rings is 2. The number of nitro groups is 1. The lowest BCUT2D eigenvalue weighted by molar-refractivity contribution is -0.527. The Morgan fingerprint density at radius 1 is 1.19 bits per heavy atom. The second kappa shape index (κ2) is 5.78. The highest BCUT2D eigenvalue weighted by Crippen LogP contribution is 2.60. The first kappa shape index (κ1) is 16.7. The van der Waals surface area contributed by atoms with Gasteiger partial charge in [-0.3, -0.25) is 19.8 Å². The van der Waals surface area contributed by atoms with Gasteiger partial charge >= 0.3 is 0 Å². The van der Waals surface area contributed by atoms with Gasteiger partial charge in [-0.25, -0.2) is 0 Å². The molecule has 0 bridgehead atoms. The first-order valence-corrected chi connectivity index (χ1v) is 9.50. The molecule has 6 nitrogen and oxygen atoms in total. The Balaban J connectivity index is 1.83. The first-order valence-electron chi connectivity index (χ1n) is 9.12. The van der Waals surface area contributed by atoms with Crippen LogP contribution in [0.1, 0.15) is 29.9 Å². The molecule has 7 heteroatoms. The van der Waals surface area contributed by atoms with Crippen molar-refractivity contribution in [3.8, 4) is 0 Å². The smallest absolute Gasteiger partial charge is 0.250 e. The summed E-state index contributed by atoms with van der Waals surface area (Å²) in [5, 5.41) is 15.6. The maximum atomic E-state index is 13.4. The van der Waals surface area contributed by atoms with Crippen LogP contribution in [0.4, 0.5) is 5.69 Å². The molecule has 138 valence electrons. The highest BCUT2D eigenvalue weighted by molar-refractivity contribution is 6.31. The molecule has 3 heterocycles. The molecule has 4 atom stereocenters. The largest absolute Gasteiger partial charge is 0.324 e. The third-order valence-corrected chi connectivity index (χ3v) is 6.70. The average Bonchev–Trinajstić information content (AvgIpc) is 3.29. The normalized spacial score (nSPS) is 31.7. The number of amides is 1. The van der Waals surface area contributed by atoms with Crippen LogP contribution in [-0.4, -0.2) is 34.4 Å². The molecule has 0 saturated carbocycles. The monoisotopic (exact) mass is 383 g/mol. The number of para-hydroxylation sites is 1. The van der Waals surface area contributed by atoms with Crippen molar-refractivity contribution >= 4 is 23.2 Å². The molecule has 2 aromatic rings. The lowest BCUT2D eigenvalue weighted by atomic mass is 9.73. The van der Waals surface area contributed by atoms with E-state index in [1.54, 1.807) is 12.1 Å². The fraction of sp³-hybridized carbons (Fsp3) is 0.350. The van der Waals surface area contributed by atoms with Gasteiger partial charge in [0, 0.05) is 27.7 Å². The molecule has 1 amide bonds. The summed E-state index contributed by atoms with van der Waals surface area (Å²) < 4.78 is 0.